The minimum absolute atomic E-state index is 0.0525. The third-order valence-corrected chi connectivity index (χ3v) is 5.29. The highest BCUT2D eigenvalue weighted by atomic mass is 32.2. The van der Waals surface area contributed by atoms with Crippen molar-refractivity contribution in [3.05, 3.63) is 40.8 Å². The molecule has 1 saturated heterocycles. The van der Waals surface area contributed by atoms with Crippen molar-refractivity contribution in [1.82, 2.24) is 24.9 Å². The second-order valence-corrected chi connectivity index (χ2v) is 7.23. The van der Waals surface area contributed by atoms with Crippen molar-refractivity contribution in [1.29, 1.82) is 0 Å². The molecule has 1 amide bonds. The van der Waals surface area contributed by atoms with Crippen LogP contribution < -0.4 is 0 Å². The van der Waals surface area contributed by atoms with Crippen LogP contribution in [-0.4, -0.2) is 52.8 Å². The summed E-state index contributed by atoms with van der Waals surface area (Å²) in [4.78, 5) is 25.0. The van der Waals surface area contributed by atoms with Gasteiger partial charge in [-0.1, -0.05) is 42.2 Å². The first-order valence-corrected chi connectivity index (χ1v) is 8.84. The third-order valence-electron chi connectivity index (χ3n) is 3.91. The summed E-state index contributed by atoms with van der Waals surface area (Å²) in [5.41, 5.74) is 2.07. The molecular weight excluding hydrogens is 374 g/mol. The summed E-state index contributed by atoms with van der Waals surface area (Å²) >= 11 is 6.35. The van der Waals surface area contributed by atoms with Crippen molar-refractivity contribution in [3.8, 4) is 0 Å². The number of rotatable bonds is 4. The van der Waals surface area contributed by atoms with E-state index in [1.54, 1.807) is 10.6 Å². The molecule has 8 nitrogen and oxygen atoms in total. The highest BCUT2D eigenvalue weighted by Gasteiger charge is 2.32. The van der Waals surface area contributed by atoms with Gasteiger partial charge in [0.1, 0.15) is 4.32 Å². The van der Waals surface area contributed by atoms with E-state index in [2.05, 4.69) is 15.5 Å². The molecule has 26 heavy (non-hydrogen) atoms. The Kier molecular flexibility index (Phi) is 4.13. The molecule has 3 aromatic rings. The molecule has 0 radical (unpaired) electrons. The molecular formula is C16H11N5O3S2. The number of benzene rings is 1. The molecule has 0 atom stereocenters. The van der Waals surface area contributed by atoms with E-state index in [1.807, 2.05) is 30.3 Å². The molecule has 0 aliphatic carbocycles. The van der Waals surface area contributed by atoms with Gasteiger partial charge in [0.25, 0.3) is 5.91 Å². The molecule has 0 spiro atoms. The molecule has 1 N–H and O–H groups in total. The fourth-order valence-electron chi connectivity index (χ4n) is 2.71. The van der Waals surface area contributed by atoms with Crippen molar-refractivity contribution in [2.45, 2.75) is 6.42 Å². The van der Waals surface area contributed by atoms with Crippen LogP contribution in [0, 0.1) is 0 Å². The quantitative estimate of drug-likeness (QED) is 0.537. The van der Waals surface area contributed by atoms with E-state index in [9.17, 15) is 9.59 Å². The van der Waals surface area contributed by atoms with Gasteiger partial charge in [0.05, 0.1) is 16.8 Å². The molecule has 1 aliphatic rings. The Morgan fingerprint density at radius 2 is 2.15 bits per heavy atom. The first-order valence-electron chi connectivity index (χ1n) is 7.61. The number of nitrogens with zero attached hydrogens (tertiary/aromatic N) is 5. The van der Waals surface area contributed by atoms with Gasteiger partial charge in [-0.05, 0) is 28.6 Å². The fraction of sp³-hybridized carbons (Fsp3) is 0.125. The zero-order chi connectivity index (χ0) is 18.3. The summed E-state index contributed by atoms with van der Waals surface area (Å²) < 4.78 is 1.96. The number of pyridine rings is 1. The standard InChI is InChI=1S/C16H11N5O3S2/c22-13(23)5-6-20-15(24)12(26-16(20)25)8-10-7-9-3-1-2-4-11(9)21-14(10)17-18-19-21/h1-4,7-8H,5-6H2,(H,22,23)/b12-8-. The number of fused-ring (bicyclic) bond motifs is 3. The van der Waals surface area contributed by atoms with Crippen LogP contribution in [0.4, 0.5) is 0 Å². The van der Waals surface area contributed by atoms with Crippen LogP contribution in [0.2, 0.25) is 0 Å². The molecule has 1 aromatic carbocycles. The van der Waals surface area contributed by atoms with Crippen LogP contribution in [0.25, 0.3) is 22.6 Å². The third kappa shape index (κ3) is 2.82. The Hall–Kier alpha value is -2.85. The van der Waals surface area contributed by atoms with Gasteiger partial charge in [-0.25, -0.2) is 0 Å². The lowest BCUT2D eigenvalue weighted by Gasteiger charge is -2.12. The molecule has 4 rings (SSSR count). The van der Waals surface area contributed by atoms with Gasteiger partial charge in [-0.15, -0.1) is 5.10 Å². The van der Waals surface area contributed by atoms with E-state index in [1.165, 1.54) is 4.90 Å². The van der Waals surface area contributed by atoms with E-state index < -0.39 is 5.97 Å². The summed E-state index contributed by atoms with van der Waals surface area (Å²) in [6, 6.07) is 9.56. The lowest BCUT2D eigenvalue weighted by Crippen LogP contribution is -2.30. The molecule has 1 aliphatic heterocycles. The second kappa shape index (κ2) is 6.46. The van der Waals surface area contributed by atoms with E-state index >= 15 is 0 Å². The van der Waals surface area contributed by atoms with Crippen LogP contribution in [0.3, 0.4) is 0 Å². The van der Waals surface area contributed by atoms with Gasteiger partial charge >= 0.3 is 5.97 Å². The zero-order valence-electron chi connectivity index (χ0n) is 13.2. The Bertz CT molecular complexity index is 1110. The highest BCUT2D eigenvalue weighted by Crippen LogP contribution is 2.33. The summed E-state index contributed by atoms with van der Waals surface area (Å²) in [6.07, 6.45) is 1.53. The number of aromatic nitrogens is 4. The number of thioether (sulfide) groups is 1. The van der Waals surface area contributed by atoms with Crippen molar-refractivity contribution in [2.75, 3.05) is 6.54 Å². The molecule has 3 heterocycles. The number of aliphatic carboxylic acids is 1. The summed E-state index contributed by atoms with van der Waals surface area (Å²) in [7, 11) is 0. The van der Waals surface area contributed by atoms with Gasteiger partial charge < -0.3 is 5.11 Å². The minimum Gasteiger partial charge on any atom is -0.481 e. The maximum absolute atomic E-state index is 12.6. The van der Waals surface area contributed by atoms with Crippen LogP contribution >= 0.6 is 24.0 Å². The minimum atomic E-state index is -0.978. The number of thiocarbonyl (C=S) groups is 1. The molecule has 0 bridgehead atoms. The molecule has 0 unspecified atom stereocenters. The SMILES string of the molecule is O=C(O)CCN1C(=O)/C(=C/c2cc3ccccc3n3nnnc23)SC1=S. The number of carbonyl (C=O) groups is 2. The monoisotopic (exact) mass is 385 g/mol. The van der Waals surface area contributed by atoms with Crippen LogP contribution in [-0.2, 0) is 9.59 Å². The average Bonchev–Trinajstić information content (AvgIpc) is 3.20. The van der Waals surface area contributed by atoms with Gasteiger partial charge in [0, 0.05) is 17.5 Å². The molecule has 130 valence electrons. The maximum Gasteiger partial charge on any atom is 0.305 e. The number of carbonyl (C=O) groups excluding carboxylic acids is 1. The Morgan fingerprint density at radius 3 is 2.96 bits per heavy atom. The van der Waals surface area contributed by atoms with E-state index in [4.69, 9.17) is 17.3 Å². The first kappa shape index (κ1) is 16.6. The predicted octanol–water partition coefficient (Wildman–Crippen LogP) is 1.95. The van der Waals surface area contributed by atoms with Crippen LogP contribution in [0.5, 0.6) is 0 Å². The number of para-hydroxylation sites is 1. The Labute approximate surface area is 156 Å². The smallest absolute Gasteiger partial charge is 0.305 e. The number of tetrazole rings is 1. The molecule has 1 fully saturated rings. The molecule has 2 aromatic heterocycles. The first-order chi connectivity index (χ1) is 12.5. The van der Waals surface area contributed by atoms with Crippen molar-refractivity contribution < 1.29 is 14.7 Å². The largest absolute Gasteiger partial charge is 0.481 e. The van der Waals surface area contributed by atoms with E-state index in [0.717, 1.165) is 22.7 Å². The Balaban J connectivity index is 1.76. The van der Waals surface area contributed by atoms with Gasteiger partial charge in [-0.2, -0.15) is 4.52 Å². The topological polar surface area (TPSA) is 101 Å². The van der Waals surface area contributed by atoms with E-state index in [-0.39, 0.29) is 18.9 Å². The summed E-state index contributed by atoms with van der Waals surface area (Å²) in [6.45, 7) is 0.0525. The predicted molar refractivity (Wildman–Crippen MR) is 100 cm³/mol. The van der Waals surface area contributed by atoms with Crippen LogP contribution in [0.1, 0.15) is 12.0 Å². The number of hydrogen-bond acceptors (Lipinski definition) is 7. The normalized spacial score (nSPS) is 16.3. The lowest BCUT2D eigenvalue weighted by molar-refractivity contribution is -0.137. The second-order valence-electron chi connectivity index (χ2n) is 5.55. The summed E-state index contributed by atoms with van der Waals surface area (Å²) in [5.74, 6) is -1.28. The van der Waals surface area contributed by atoms with Crippen molar-refractivity contribution in [2.24, 2.45) is 0 Å². The number of carboxylic acid groups (broad SMARTS) is 1. The lowest BCUT2D eigenvalue weighted by atomic mass is 10.1. The van der Waals surface area contributed by atoms with E-state index in [0.29, 0.717) is 20.4 Å². The highest BCUT2D eigenvalue weighted by molar-refractivity contribution is 8.26. The number of carboxylic acids is 1. The fourth-order valence-corrected chi connectivity index (χ4v) is 4.01. The van der Waals surface area contributed by atoms with Gasteiger partial charge in [-0.3, -0.25) is 14.5 Å². The number of amides is 1. The van der Waals surface area contributed by atoms with Crippen molar-refractivity contribution >= 4 is 62.8 Å². The average molecular weight is 385 g/mol. The number of hydrogen-bond donors (Lipinski definition) is 1. The van der Waals surface area contributed by atoms with Gasteiger partial charge in [0.15, 0.2) is 5.65 Å². The maximum atomic E-state index is 12.6. The Morgan fingerprint density at radius 1 is 1.35 bits per heavy atom. The van der Waals surface area contributed by atoms with Crippen molar-refractivity contribution in [3.63, 3.8) is 0 Å². The molecule has 10 heteroatoms. The zero-order valence-corrected chi connectivity index (χ0v) is 14.8. The molecule has 0 saturated carbocycles. The summed E-state index contributed by atoms with van der Waals surface area (Å²) in [5, 5.41) is 21.5. The van der Waals surface area contributed by atoms with Gasteiger partial charge in [0.2, 0.25) is 0 Å². The van der Waals surface area contributed by atoms with Crippen LogP contribution in [0.15, 0.2) is 35.2 Å².